The molecule has 0 radical (unpaired) electrons. The second kappa shape index (κ2) is 6.93. The molecule has 1 aliphatic rings. The standard InChI is InChI=1S/C19H21N5O/c25-19(22-10-1-3-18(14-22)23-12-9-20-15-23)13-16-4-6-17(7-5-16)24-11-2-8-21-24/h2,4-9,11-12,15,18H,1,3,10,13-14H2. The first-order valence-corrected chi connectivity index (χ1v) is 8.64. The number of likely N-dealkylation sites (tertiary alicyclic amines) is 1. The Hall–Kier alpha value is -2.89. The molecule has 0 aliphatic carbocycles. The number of hydrogen-bond donors (Lipinski definition) is 0. The molecule has 0 saturated carbocycles. The molecule has 128 valence electrons. The maximum absolute atomic E-state index is 12.7. The lowest BCUT2D eigenvalue weighted by atomic mass is 10.0. The van der Waals surface area contributed by atoms with Crippen LogP contribution in [0.3, 0.4) is 0 Å². The van der Waals surface area contributed by atoms with Crippen molar-refractivity contribution in [1.82, 2.24) is 24.2 Å². The SMILES string of the molecule is O=C(Cc1ccc(-n2cccn2)cc1)N1CCCC(n2ccnc2)C1. The topological polar surface area (TPSA) is 56.0 Å². The molecule has 0 bridgehead atoms. The summed E-state index contributed by atoms with van der Waals surface area (Å²) in [5.74, 6) is 0.191. The zero-order valence-corrected chi connectivity index (χ0v) is 14.0. The van der Waals surface area contributed by atoms with Gasteiger partial charge in [0, 0.05) is 37.9 Å². The molecular weight excluding hydrogens is 314 g/mol. The molecule has 6 nitrogen and oxygen atoms in total. The van der Waals surface area contributed by atoms with E-state index in [0.29, 0.717) is 12.5 Å². The van der Waals surface area contributed by atoms with Crippen molar-refractivity contribution in [3.63, 3.8) is 0 Å². The number of aromatic nitrogens is 4. The average molecular weight is 335 g/mol. The quantitative estimate of drug-likeness (QED) is 0.736. The minimum atomic E-state index is 0.191. The normalized spacial score (nSPS) is 17.6. The Labute approximate surface area is 146 Å². The summed E-state index contributed by atoms with van der Waals surface area (Å²) in [7, 11) is 0. The molecule has 1 unspecified atom stereocenters. The lowest BCUT2D eigenvalue weighted by molar-refractivity contribution is -0.132. The van der Waals surface area contributed by atoms with Gasteiger partial charge in [-0.2, -0.15) is 5.10 Å². The van der Waals surface area contributed by atoms with Gasteiger partial charge in [0.05, 0.1) is 24.5 Å². The van der Waals surface area contributed by atoms with E-state index >= 15 is 0 Å². The van der Waals surface area contributed by atoms with Crippen LogP contribution in [0.25, 0.3) is 5.69 Å². The van der Waals surface area contributed by atoms with E-state index in [1.165, 1.54) is 0 Å². The van der Waals surface area contributed by atoms with Crippen molar-refractivity contribution in [3.05, 3.63) is 67.0 Å². The molecule has 0 N–H and O–H groups in total. The third-order valence-corrected chi connectivity index (χ3v) is 4.76. The van der Waals surface area contributed by atoms with Gasteiger partial charge in [-0.05, 0) is 36.6 Å². The van der Waals surface area contributed by atoms with E-state index in [1.54, 1.807) is 12.4 Å². The molecule has 4 rings (SSSR count). The molecule has 0 spiro atoms. The van der Waals surface area contributed by atoms with Crippen molar-refractivity contribution in [1.29, 1.82) is 0 Å². The fraction of sp³-hybridized carbons (Fsp3) is 0.316. The minimum absolute atomic E-state index is 0.191. The van der Waals surface area contributed by atoms with Crippen LogP contribution in [0.5, 0.6) is 0 Å². The van der Waals surface area contributed by atoms with Gasteiger partial charge in [0.2, 0.25) is 5.91 Å². The summed E-state index contributed by atoms with van der Waals surface area (Å²) in [5, 5.41) is 4.22. The highest BCUT2D eigenvalue weighted by atomic mass is 16.2. The summed E-state index contributed by atoms with van der Waals surface area (Å²) in [6.07, 6.45) is 11.8. The number of carbonyl (C=O) groups is 1. The molecule has 6 heteroatoms. The van der Waals surface area contributed by atoms with Crippen molar-refractivity contribution in [2.75, 3.05) is 13.1 Å². The number of nitrogens with zero attached hydrogens (tertiary/aromatic N) is 5. The Balaban J connectivity index is 1.39. The second-order valence-electron chi connectivity index (χ2n) is 6.44. The third kappa shape index (κ3) is 3.47. The van der Waals surface area contributed by atoms with Crippen LogP contribution in [0.15, 0.2) is 61.4 Å². The molecule has 25 heavy (non-hydrogen) atoms. The Morgan fingerprint density at radius 1 is 1.16 bits per heavy atom. The molecule has 1 aromatic carbocycles. The molecule has 1 fully saturated rings. The predicted octanol–water partition coefficient (Wildman–Crippen LogP) is 2.48. The van der Waals surface area contributed by atoms with Crippen molar-refractivity contribution in [2.45, 2.75) is 25.3 Å². The van der Waals surface area contributed by atoms with Gasteiger partial charge in [0.25, 0.3) is 0 Å². The van der Waals surface area contributed by atoms with Crippen LogP contribution in [0.2, 0.25) is 0 Å². The predicted molar refractivity (Wildman–Crippen MR) is 94.3 cm³/mol. The first-order valence-electron chi connectivity index (χ1n) is 8.64. The summed E-state index contributed by atoms with van der Waals surface area (Å²) in [6, 6.07) is 10.2. The van der Waals surface area contributed by atoms with Crippen LogP contribution in [-0.2, 0) is 11.2 Å². The summed E-state index contributed by atoms with van der Waals surface area (Å²) >= 11 is 0. The monoisotopic (exact) mass is 335 g/mol. The molecule has 2 aromatic heterocycles. The number of rotatable bonds is 4. The van der Waals surface area contributed by atoms with Crippen LogP contribution < -0.4 is 0 Å². The van der Waals surface area contributed by atoms with Gasteiger partial charge in [0.15, 0.2) is 0 Å². The molecule has 1 saturated heterocycles. The number of piperidine rings is 1. The highest BCUT2D eigenvalue weighted by Crippen LogP contribution is 2.22. The van der Waals surface area contributed by atoms with E-state index in [2.05, 4.69) is 14.6 Å². The van der Waals surface area contributed by atoms with Gasteiger partial charge in [-0.25, -0.2) is 9.67 Å². The van der Waals surface area contributed by atoms with Gasteiger partial charge in [-0.1, -0.05) is 12.1 Å². The Kier molecular flexibility index (Phi) is 4.33. The van der Waals surface area contributed by atoms with E-state index in [9.17, 15) is 4.79 Å². The maximum Gasteiger partial charge on any atom is 0.227 e. The molecule has 3 heterocycles. The fourth-order valence-electron chi connectivity index (χ4n) is 3.38. The molecule has 1 amide bonds. The van der Waals surface area contributed by atoms with Crippen LogP contribution in [0.4, 0.5) is 0 Å². The summed E-state index contributed by atoms with van der Waals surface area (Å²) in [4.78, 5) is 18.8. The van der Waals surface area contributed by atoms with E-state index in [4.69, 9.17) is 0 Å². The van der Waals surface area contributed by atoms with Gasteiger partial charge in [-0.15, -0.1) is 0 Å². The van der Waals surface area contributed by atoms with Crippen molar-refractivity contribution < 1.29 is 4.79 Å². The number of benzene rings is 1. The second-order valence-corrected chi connectivity index (χ2v) is 6.44. The highest BCUT2D eigenvalue weighted by Gasteiger charge is 2.24. The Morgan fingerprint density at radius 2 is 2.04 bits per heavy atom. The van der Waals surface area contributed by atoms with E-state index in [0.717, 1.165) is 37.2 Å². The minimum Gasteiger partial charge on any atom is -0.340 e. The molecule has 1 aliphatic heterocycles. The Bertz CT molecular complexity index is 808. The number of carbonyl (C=O) groups excluding carboxylic acids is 1. The van der Waals surface area contributed by atoms with Crippen LogP contribution in [0.1, 0.15) is 24.4 Å². The molecular formula is C19H21N5O. The van der Waals surface area contributed by atoms with E-state index < -0.39 is 0 Å². The number of imidazole rings is 1. The van der Waals surface area contributed by atoms with Crippen LogP contribution in [-0.4, -0.2) is 43.2 Å². The first kappa shape index (κ1) is 15.6. The zero-order valence-electron chi connectivity index (χ0n) is 14.0. The van der Waals surface area contributed by atoms with Crippen molar-refractivity contribution in [3.8, 4) is 5.69 Å². The summed E-state index contributed by atoms with van der Waals surface area (Å²) in [5.41, 5.74) is 2.03. The number of amides is 1. The summed E-state index contributed by atoms with van der Waals surface area (Å²) in [6.45, 7) is 1.61. The molecule has 1 atom stereocenters. The third-order valence-electron chi connectivity index (χ3n) is 4.76. The fourth-order valence-corrected chi connectivity index (χ4v) is 3.38. The highest BCUT2D eigenvalue weighted by molar-refractivity contribution is 5.79. The number of hydrogen-bond acceptors (Lipinski definition) is 3. The van der Waals surface area contributed by atoms with Gasteiger partial charge < -0.3 is 9.47 Å². The van der Waals surface area contributed by atoms with Crippen LogP contribution >= 0.6 is 0 Å². The molecule has 3 aromatic rings. The van der Waals surface area contributed by atoms with Crippen LogP contribution in [0, 0.1) is 0 Å². The van der Waals surface area contributed by atoms with Gasteiger partial charge in [0.1, 0.15) is 0 Å². The largest absolute Gasteiger partial charge is 0.340 e. The average Bonchev–Trinajstić information content (AvgIpc) is 3.36. The first-order chi connectivity index (χ1) is 12.3. The maximum atomic E-state index is 12.7. The van der Waals surface area contributed by atoms with Crippen molar-refractivity contribution in [2.24, 2.45) is 0 Å². The lowest BCUT2D eigenvalue weighted by Gasteiger charge is -2.33. The van der Waals surface area contributed by atoms with Gasteiger partial charge in [-0.3, -0.25) is 4.79 Å². The smallest absolute Gasteiger partial charge is 0.227 e. The lowest BCUT2D eigenvalue weighted by Crippen LogP contribution is -2.41. The zero-order chi connectivity index (χ0) is 17.1. The van der Waals surface area contributed by atoms with Crippen molar-refractivity contribution >= 4 is 5.91 Å². The van der Waals surface area contributed by atoms with E-state index in [-0.39, 0.29) is 5.91 Å². The van der Waals surface area contributed by atoms with E-state index in [1.807, 2.05) is 58.6 Å². The summed E-state index contributed by atoms with van der Waals surface area (Å²) < 4.78 is 3.92. The van der Waals surface area contributed by atoms with Gasteiger partial charge >= 0.3 is 0 Å². The Morgan fingerprint density at radius 3 is 2.76 bits per heavy atom.